The minimum Gasteiger partial charge on any atom is -0.471 e. The second-order valence-corrected chi connectivity index (χ2v) is 10.4. The Morgan fingerprint density at radius 2 is 1.60 bits per heavy atom. The molecule has 0 radical (unpaired) electrons. The van der Waals surface area contributed by atoms with Crippen LogP contribution in [0.2, 0.25) is 0 Å². The van der Waals surface area contributed by atoms with Crippen molar-refractivity contribution in [3.63, 3.8) is 0 Å². The summed E-state index contributed by atoms with van der Waals surface area (Å²) in [6.07, 6.45) is -5.70. The van der Waals surface area contributed by atoms with Gasteiger partial charge in [0, 0.05) is 63.6 Å². The first-order valence-electron chi connectivity index (χ1n) is 13.8. The second kappa shape index (κ2) is 12.6. The van der Waals surface area contributed by atoms with Gasteiger partial charge in [-0.05, 0) is 24.8 Å². The number of hydrogen-bond acceptors (Lipinski definition) is 8. The van der Waals surface area contributed by atoms with E-state index in [-0.39, 0.29) is 36.7 Å². The lowest BCUT2D eigenvalue weighted by molar-refractivity contribution is -0.139. The fourth-order valence-corrected chi connectivity index (χ4v) is 5.22. The lowest BCUT2D eigenvalue weighted by Crippen LogP contribution is -2.49. The van der Waals surface area contributed by atoms with Crippen molar-refractivity contribution in [1.29, 1.82) is 0 Å². The first kappa shape index (κ1) is 30.3. The highest BCUT2D eigenvalue weighted by Gasteiger charge is 2.38. The quantitative estimate of drug-likeness (QED) is 0.331. The van der Waals surface area contributed by atoms with E-state index in [1.807, 2.05) is 0 Å². The maximum absolute atomic E-state index is 13.9. The molecular formula is C28H29F6N7O2. The molecule has 0 N–H and O–H groups in total. The highest BCUT2D eigenvalue weighted by molar-refractivity contribution is 5.76. The number of carbonyl (C=O) groups is 1. The number of anilines is 2. The molecule has 2 saturated heterocycles. The summed E-state index contributed by atoms with van der Waals surface area (Å²) in [5, 5.41) is 7.82. The summed E-state index contributed by atoms with van der Waals surface area (Å²) in [7, 11) is 0. The van der Waals surface area contributed by atoms with Gasteiger partial charge in [0.2, 0.25) is 17.7 Å². The molecule has 0 bridgehead atoms. The third kappa shape index (κ3) is 7.43. The van der Waals surface area contributed by atoms with Crippen molar-refractivity contribution in [3.8, 4) is 5.88 Å². The standard InChI is InChI=1S/C28H29F6N7O2/c29-27(30,31)20-16-35-26(36-17-20)40-13-11-39(12-14-40)24(42)9-8-21-7-4-10-41(21)23-15-22(28(32,33)34)25(38-37-23)43-18-19-5-2-1-3-6-19/h1-3,5-6,15-17,21H,4,7-14,18H2/t21-/m1/s1. The van der Waals surface area contributed by atoms with Crippen molar-refractivity contribution in [2.75, 3.05) is 42.5 Å². The SMILES string of the molecule is O=C(CC[C@H]1CCCN1c1cc(C(F)(F)F)c(OCc2ccccc2)nn1)N1CCN(c2ncc(C(F)(F)F)cn2)CC1. The molecule has 2 aliphatic heterocycles. The predicted molar refractivity (Wildman–Crippen MR) is 143 cm³/mol. The Balaban J connectivity index is 1.16. The lowest BCUT2D eigenvalue weighted by atomic mass is 10.1. The molecule has 4 heterocycles. The van der Waals surface area contributed by atoms with Crippen molar-refractivity contribution < 1.29 is 35.9 Å². The number of piperazine rings is 1. The molecule has 5 rings (SSSR count). The lowest BCUT2D eigenvalue weighted by Gasteiger charge is -2.35. The first-order chi connectivity index (χ1) is 20.5. The molecule has 1 aromatic carbocycles. The van der Waals surface area contributed by atoms with Crippen LogP contribution in [0.5, 0.6) is 5.88 Å². The van der Waals surface area contributed by atoms with Gasteiger partial charge >= 0.3 is 12.4 Å². The molecule has 0 unspecified atom stereocenters. The summed E-state index contributed by atoms with van der Waals surface area (Å²) >= 11 is 0. The Morgan fingerprint density at radius 3 is 2.26 bits per heavy atom. The van der Waals surface area contributed by atoms with Gasteiger partial charge in [0.05, 0.1) is 5.56 Å². The van der Waals surface area contributed by atoms with Gasteiger partial charge in [0.15, 0.2) is 5.82 Å². The summed E-state index contributed by atoms with van der Waals surface area (Å²) in [6, 6.07) is 9.55. The monoisotopic (exact) mass is 609 g/mol. The molecular weight excluding hydrogens is 580 g/mol. The molecule has 9 nitrogen and oxygen atoms in total. The summed E-state index contributed by atoms with van der Waals surface area (Å²) in [4.78, 5) is 25.7. The van der Waals surface area contributed by atoms with E-state index in [0.717, 1.165) is 24.9 Å². The van der Waals surface area contributed by atoms with Gasteiger partial charge < -0.3 is 19.4 Å². The van der Waals surface area contributed by atoms with Crippen LogP contribution in [0.4, 0.5) is 38.1 Å². The third-order valence-corrected chi connectivity index (χ3v) is 7.51. The zero-order valence-electron chi connectivity index (χ0n) is 23.0. The zero-order chi connectivity index (χ0) is 30.6. The third-order valence-electron chi connectivity index (χ3n) is 7.51. The number of rotatable bonds is 8. The number of ether oxygens (including phenoxy) is 1. The van der Waals surface area contributed by atoms with Crippen LogP contribution in [0.1, 0.15) is 42.4 Å². The summed E-state index contributed by atoms with van der Waals surface area (Å²) < 4.78 is 85.5. The Hall–Kier alpha value is -4.17. The summed E-state index contributed by atoms with van der Waals surface area (Å²) in [5.74, 6) is -0.449. The first-order valence-corrected chi connectivity index (χ1v) is 13.8. The average Bonchev–Trinajstić information content (AvgIpc) is 3.47. The van der Waals surface area contributed by atoms with Crippen LogP contribution >= 0.6 is 0 Å². The smallest absolute Gasteiger partial charge is 0.421 e. The van der Waals surface area contributed by atoms with Crippen molar-refractivity contribution >= 4 is 17.7 Å². The van der Waals surface area contributed by atoms with Crippen molar-refractivity contribution in [1.82, 2.24) is 25.1 Å². The summed E-state index contributed by atoms with van der Waals surface area (Å²) in [5.41, 5.74) is -1.25. The van der Waals surface area contributed by atoms with Gasteiger partial charge in [-0.2, -0.15) is 26.3 Å². The molecule has 2 aliphatic rings. The number of carbonyl (C=O) groups excluding carboxylic acids is 1. The van der Waals surface area contributed by atoms with Gasteiger partial charge in [-0.3, -0.25) is 4.79 Å². The molecule has 1 amide bonds. The number of alkyl halides is 6. The Morgan fingerprint density at radius 1 is 0.907 bits per heavy atom. The van der Waals surface area contributed by atoms with E-state index in [1.54, 1.807) is 45.0 Å². The van der Waals surface area contributed by atoms with Gasteiger partial charge in [0.25, 0.3) is 0 Å². The van der Waals surface area contributed by atoms with Crippen LogP contribution in [0.25, 0.3) is 0 Å². The normalized spacial score (nSPS) is 17.8. The van der Waals surface area contributed by atoms with Crippen molar-refractivity contribution in [3.05, 3.63) is 65.5 Å². The van der Waals surface area contributed by atoms with E-state index in [0.29, 0.717) is 51.1 Å². The molecule has 0 aliphatic carbocycles. The second-order valence-electron chi connectivity index (χ2n) is 10.4. The molecule has 3 aromatic rings. The molecule has 1 atom stereocenters. The molecule has 2 aromatic heterocycles. The van der Waals surface area contributed by atoms with Crippen LogP contribution in [0, 0.1) is 0 Å². The minimum atomic E-state index is -4.70. The summed E-state index contributed by atoms with van der Waals surface area (Å²) in [6.45, 7) is 1.83. The van der Waals surface area contributed by atoms with Crippen molar-refractivity contribution in [2.45, 2.75) is 50.7 Å². The zero-order valence-corrected chi connectivity index (χ0v) is 23.0. The van der Waals surface area contributed by atoms with Crippen molar-refractivity contribution in [2.24, 2.45) is 0 Å². The molecule has 43 heavy (non-hydrogen) atoms. The average molecular weight is 610 g/mol. The minimum absolute atomic E-state index is 0.0829. The van der Waals surface area contributed by atoms with Crippen LogP contribution in [-0.4, -0.2) is 69.7 Å². The molecule has 0 spiro atoms. The fourth-order valence-electron chi connectivity index (χ4n) is 5.22. The van der Waals surface area contributed by atoms with Crippen LogP contribution in [-0.2, 0) is 23.8 Å². The highest BCUT2D eigenvalue weighted by Crippen LogP contribution is 2.38. The Labute approximate surface area is 243 Å². The number of benzene rings is 1. The van der Waals surface area contributed by atoms with E-state index in [9.17, 15) is 31.1 Å². The number of nitrogens with zero attached hydrogens (tertiary/aromatic N) is 7. The highest BCUT2D eigenvalue weighted by atomic mass is 19.4. The maximum Gasteiger partial charge on any atom is 0.421 e. The Bertz CT molecular complexity index is 1380. The number of amides is 1. The van der Waals surface area contributed by atoms with Crippen LogP contribution in [0.15, 0.2) is 48.8 Å². The van der Waals surface area contributed by atoms with Crippen LogP contribution in [0.3, 0.4) is 0 Å². The van der Waals surface area contributed by atoms with Gasteiger partial charge in [-0.15, -0.1) is 10.2 Å². The fraction of sp³-hybridized carbons (Fsp3) is 0.464. The Kier molecular flexibility index (Phi) is 8.87. The largest absolute Gasteiger partial charge is 0.471 e. The molecule has 0 saturated carbocycles. The predicted octanol–water partition coefficient (Wildman–Crippen LogP) is 4.98. The van der Waals surface area contributed by atoms with Gasteiger partial charge in [-0.1, -0.05) is 30.3 Å². The van der Waals surface area contributed by atoms with E-state index in [1.165, 1.54) is 0 Å². The number of aromatic nitrogens is 4. The number of hydrogen-bond donors (Lipinski definition) is 0. The molecule has 15 heteroatoms. The van der Waals surface area contributed by atoms with Crippen LogP contribution < -0.4 is 14.5 Å². The van der Waals surface area contributed by atoms with Gasteiger partial charge in [-0.25, -0.2) is 9.97 Å². The molecule has 2 fully saturated rings. The van der Waals surface area contributed by atoms with E-state index in [2.05, 4.69) is 20.2 Å². The maximum atomic E-state index is 13.9. The molecule has 230 valence electrons. The van der Waals surface area contributed by atoms with Gasteiger partial charge in [0.1, 0.15) is 12.2 Å². The topological polar surface area (TPSA) is 87.6 Å². The van der Waals surface area contributed by atoms with E-state index in [4.69, 9.17) is 4.74 Å². The van der Waals surface area contributed by atoms with E-state index < -0.39 is 29.4 Å². The number of halogens is 6. The van der Waals surface area contributed by atoms with E-state index >= 15 is 0 Å².